The Bertz CT molecular complexity index is 493. The van der Waals surface area contributed by atoms with Crippen LogP contribution in [0, 0.1) is 10.1 Å². The Morgan fingerprint density at radius 1 is 1.58 bits per heavy atom. The number of halogens is 1. The van der Waals surface area contributed by atoms with Crippen LogP contribution in [0.5, 0.6) is 0 Å². The van der Waals surface area contributed by atoms with Crippen LogP contribution in [0.2, 0.25) is 0 Å². The number of hydrogen-bond acceptors (Lipinski definition) is 4. The van der Waals surface area contributed by atoms with Crippen molar-refractivity contribution in [1.29, 1.82) is 0 Å². The molecule has 0 heterocycles. The van der Waals surface area contributed by atoms with E-state index in [2.05, 4.69) is 15.9 Å². The van der Waals surface area contributed by atoms with Crippen molar-refractivity contribution in [2.45, 2.75) is 26.3 Å². The van der Waals surface area contributed by atoms with E-state index in [1.807, 2.05) is 13.8 Å². The van der Waals surface area contributed by atoms with E-state index < -0.39 is 10.9 Å². The summed E-state index contributed by atoms with van der Waals surface area (Å²) in [5.41, 5.74) is 0.223. The Hall–Kier alpha value is -1.63. The zero-order valence-corrected chi connectivity index (χ0v) is 12.3. The number of hydrogen-bond donors (Lipinski definition) is 1. The number of benzene rings is 1. The molecule has 0 saturated heterocycles. The van der Waals surface area contributed by atoms with E-state index in [1.165, 1.54) is 11.0 Å². The van der Waals surface area contributed by atoms with Gasteiger partial charge in [-0.15, -0.1) is 0 Å². The van der Waals surface area contributed by atoms with Crippen molar-refractivity contribution < 1.29 is 14.8 Å². The molecule has 0 radical (unpaired) electrons. The summed E-state index contributed by atoms with van der Waals surface area (Å²) in [6.45, 7) is 3.48. The number of rotatable bonds is 6. The Labute approximate surface area is 119 Å². The number of nitrogens with zero attached hydrogens (tertiary/aromatic N) is 2. The Morgan fingerprint density at radius 3 is 2.68 bits per heavy atom. The van der Waals surface area contributed by atoms with E-state index in [0.717, 1.165) is 0 Å². The average molecular weight is 331 g/mol. The number of carboxylic acids is 1. The van der Waals surface area contributed by atoms with Gasteiger partial charge >= 0.3 is 5.97 Å². The molecule has 1 rings (SSSR count). The first-order valence-electron chi connectivity index (χ1n) is 5.79. The highest BCUT2D eigenvalue weighted by atomic mass is 79.9. The van der Waals surface area contributed by atoms with E-state index in [4.69, 9.17) is 5.11 Å². The molecule has 0 aliphatic carbocycles. The first-order chi connectivity index (χ1) is 8.86. The quantitative estimate of drug-likeness (QED) is 0.640. The molecule has 0 aliphatic rings. The second-order valence-corrected chi connectivity index (χ2v) is 5.08. The van der Waals surface area contributed by atoms with Gasteiger partial charge in [-0.3, -0.25) is 14.9 Å². The fourth-order valence-electron chi connectivity index (χ4n) is 1.73. The average Bonchev–Trinajstić information content (AvgIpc) is 2.35. The smallest absolute Gasteiger partial charge is 0.323 e. The third kappa shape index (κ3) is 3.92. The van der Waals surface area contributed by atoms with Gasteiger partial charge in [-0.2, -0.15) is 0 Å². The molecule has 1 aromatic rings. The summed E-state index contributed by atoms with van der Waals surface area (Å²) in [5.74, 6) is -1.02. The lowest BCUT2D eigenvalue weighted by Gasteiger charge is -2.28. The van der Waals surface area contributed by atoms with Crippen molar-refractivity contribution in [3.63, 3.8) is 0 Å². The second-order valence-electron chi connectivity index (χ2n) is 4.17. The fraction of sp³-hybridized carbons (Fsp3) is 0.417. The number of carbonyl (C=O) groups is 1. The minimum Gasteiger partial charge on any atom is -0.480 e. The van der Waals surface area contributed by atoms with Crippen LogP contribution in [-0.2, 0) is 4.79 Å². The van der Waals surface area contributed by atoms with Gasteiger partial charge in [0.1, 0.15) is 12.2 Å². The molecule has 0 saturated carbocycles. The first kappa shape index (κ1) is 15.4. The normalized spacial score (nSPS) is 11.9. The first-order valence-corrected chi connectivity index (χ1v) is 6.58. The van der Waals surface area contributed by atoms with Crippen LogP contribution < -0.4 is 4.90 Å². The maximum absolute atomic E-state index is 11.1. The molecule has 1 atom stereocenters. The molecule has 0 amide bonds. The van der Waals surface area contributed by atoms with Crippen LogP contribution in [0.3, 0.4) is 0 Å². The van der Waals surface area contributed by atoms with Gasteiger partial charge in [0, 0.05) is 16.6 Å². The van der Waals surface area contributed by atoms with E-state index in [1.54, 1.807) is 12.1 Å². The Balaban J connectivity index is 3.28. The molecule has 104 valence electrons. The molecular formula is C12H15BrN2O4. The predicted octanol–water partition coefficient (Wildman–Crippen LogP) is 3.05. The van der Waals surface area contributed by atoms with Gasteiger partial charge in [-0.1, -0.05) is 22.9 Å². The van der Waals surface area contributed by atoms with E-state index in [9.17, 15) is 14.9 Å². The lowest BCUT2D eigenvalue weighted by Crippen LogP contribution is -2.37. The molecule has 19 heavy (non-hydrogen) atoms. The third-order valence-corrected chi connectivity index (χ3v) is 3.37. The van der Waals surface area contributed by atoms with Crippen molar-refractivity contribution in [2.75, 3.05) is 11.4 Å². The zero-order chi connectivity index (χ0) is 14.6. The number of anilines is 1. The van der Waals surface area contributed by atoms with Gasteiger partial charge in [0.05, 0.1) is 4.92 Å². The van der Waals surface area contributed by atoms with Crippen LogP contribution in [0.4, 0.5) is 11.4 Å². The molecule has 7 heteroatoms. The lowest BCUT2D eigenvalue weighted by atomic mass is 10.1. The highest BCUT2D eigenvalue weighted by Gasteiger charge is 2.24. The van der Waals surface area contributed by atoms with E-state index >= 15 is 0 Å². The van der Waals surface area contributed by atoms with Crippen molar-refractivity contribution >= 4 is 33.3 Å². The minimum absolute atomic E-state index is 0.101. The molecule has 1 unspecified atom stereocenters. The van der Waals surface area contributed by atoms with Crippen molar-refractivity contribution in [3.8, 4) is 0 Å². The summed E-state index contributed by atoms with van der Waals surface area (Å²) in [6.07, 6.45) is 0.695. The standard InChI is InChI=1S/C12H15BrN2O4/c1-3-8(2)14(7-12(16)17)10-5-4-9(13)6-11(10)15(18)19/h4-6,8H,3,7H2,1-2H3,(H,16,17). The molecule has 0 spiro atoms. The predicted molar refractivity (Wildman–Crippen MR) is 75.5 cm³/mol. The largest absolute Gasteiger partial charge is 0.480 e. The summed E-state index contributed by atoms with van der Waals surface area (Å²) in [4.78, 5) is 23.0. The Kier molecular flexibility index (Phi) is 5.29. The van der Waals surface area contributed by atoms with Crippen LogP contribution >= 0.6 is 15.9 Å². The SMILES string of the molecule is CCC(C)N(CC(=O)O)c1ccc(Br)cc1[N+](=O)[O-]. The van der Waals surface area contributed by atoms with Crippen molar-refractivity contribution in [2.24, 2.45) is 0 Å². The molecule has 0 aliphatic heterocycles. The van der Waals surface area contributed by atoms with E-state index in [0.29, 0.717) is 16.6 Å². The van der Waals surface area contributed by atoms with Gasteiger partial charge in [0.25, 0.3) is 5.69 Å². The maximum atomic E-state index is 11.1. The summed E-state index contributed by atoms with van der Waals surface area (Å²) in [7, 11) is 0. The van der Waals surface area contributed by atoms with Crippen LogP contribution in [0.1, 0.15) is 20.3 Å². The van der Waals surface area contributed by atoms with Gasteiger partial charge in [0.15, 0.2) is 0 Å². The number of carboxylic acid groups (broad SMARTS) is 1. The third-order valence-electron chi connectivity index (χ3n) is 2.87. The molecule has 0 fully saturated rings. The molecule has 1 aromatic carbocycles. The molecular weight excluding hydrogens is 316 g/mol. The summed E-state index contributed by atoms with van der Waals surface area (Å²) < 4.78 is 0.586. The van der Waals surface area contributed by atoms with Gasteiger partial charge in [0.2, 0.25) is 0 Å². The van der Waals surface area contributed by atoms with Crippen molar-refractivity contribution in [3.05, 3.63) is 32.8 Å². The van der Waals surface area contributed by atoms with Crippen LogP contribution in [-0.4, -0.2) is 28.6 Å². The fourth-order valence-corrected chi connectivity index (χ4v) is 2.08. The maximum Gasteiger partial charge on any atom is 0.323 e. The molecule has 6 nitrogen and oxygen atoms in total. The van der Waals surface area contributed by atoms with Crippen LogP contribution in [0.15, 0.2) is 22.7 Å². The number of aliphatic carboxylic acids is 1. The summed E-state index contributed by atoms with van der Waals surface area (Å²) >= 11 is 3.18. The van der Waals surface area contributed by atoms with Gasteiger partial charge < -0.3 is 10.0 Å². The topological polar surface area (TPSA) is 83.7 Å². The zero-order valence-electron chi connectivity index (χ0n) is 10.7. The van der Waals surface area contributed by atoms with E-state index in [-0.39, 0.29) is 18.3 Å². The van der Waals surface area contributed by atoms with Gasteiger partial charge in [-0.25, -0.2) is 0 Å². The molecule has 0 bridgehead atoms. The van der Waals surface area contributed by atoms with Crippen LogP contribution in [0.25, 0.3) is 0 Å². The Morgan fingerprint density at radius 2 is 2.21 bits per heavy atom. The lowest BCUT2D eigenvalue weighted by molar-refractivity contribution is -0.384. The molecule has 0 aromatic heterocycles. The minimum atomic E-state index is -1.02. The monoisotopic (exact) mass is 330 g/mol. The summed E-state index contributed by atoms with van der Waals surface area (Å²) in [6, 6.07) is 4.51. The van der Waals surface area contributed by atoms with Crippen molar-refractivity contribution in [1.82, 2.24) is 0 Å². The number of nitro benzene ring substituents is 1. The van der Waals surface area contributed by atoms with Gasteiger partial charge in [-0.05, 0) is 25.5 Å². The molecule has 1 N–H and O–H groups in total. The number of nitro groups is 1. The highest BCUT2D eigenvalue weighted by molar-refractivity contribution is 9.10. The highest BCUT2D eigenvalue weighted by Crippen LogP contribution is 2.32. The summed E-state index contributed by atoms with van der Waals surface area (Å²) in [5, 5.41) is 20.0. The second kappa shape index (κ2) is 6.51.